The number of aryl methyl sites for hydroxylation is 2. The van der Waals surface area contributed by atoms with Gasteiger partial charge in [0.2, 0.25) is 15.3 Å². The SMILES string of the molecule is Cc1ccc(C)c(S(=O)(=O)NCC(=O)Cl)c1. The molecule has 0 fully saturated rings. The van der Waals surface area contributed by atoms with Crippen LogP contribution in [-0.4, -0.2) is 20.2 Å². The van der Waals surface area contributed by atoms with Crippen LogP contribution in [0.1, 0.15) is 11.1 Å². The van der Waals surface area contributed by atoms with Crippen LogP contribution in [0.25, 0.3) is 0 Å². The molecular weight excluding hydrogens is 250 g/mol. The quantitative estimate of drug-likeness (QED) is 0.832. The number of halogens is 1. The molecule has 6 heteroatoms. The third-order valence-electron chi connectivity index (χ3n) is 2.03. The summed E-state index contributed by atoms with van der Waals surface area (Å²) in [5, 5.41) is -0.742. The second kappa shape index (κ2) is 4.95. The van der Waals surface area contributed by atoms with Gasteiger partial charge in [0.25, 0.3) is 0 Å². The van der Waals surface area contributed by atoms with E-state index in [4.69, 9.17) is 11.6 Å². The predicted molar refractivity (Wildman–Crippen MR) is 62.0 cm³/mol. The predicted octanol–water partition coefficient (Wildman–Crippen LogP) is 1.35. The molecule has 0 amide bonds. The topological polar surface area (TPSA) is 63.2 Å². The number of carbonyl (C=O) groups is 1. The van der Waals surface area contributed by atoms with E-state index in [9.17, 15) is 13.2 Å². The second-order valence-electron chi connectivity index (χ2n) is 3.45. The normalized spacial score (nSPS) is 11.4. The standard InChI is InChI=1S/C10H12ClNO3S/c1-7-3-4-8(2)9(5-7)16(14,15)12-6-10(11)13/h3-5,12H,6H2,1-2H3. The number of benzene rings is 1. The summed E-state index contributed by atoms with van der Waals surface area (Å²) in [6, 6.07) is 5.09. The molecule has 0 spiro atoms. The largest absolute Gasteiger partial charge is 0.280 e. The van der Waals surface area contributed by atoms with Gasteiger partial charge in [0, 0.05) is 0 Å². The minimum absolute atomic E-state index is 0.172. The van der Waals surface area contributed by atoms with Gasteiger partial charge in [-0.3, -0.25) is 4.79 Å². The molecule has 0 heterocycles. The highest BCUT2D eigenvalue weighted by Gasteiger charge is 2.17. The first-order valence-electron chi connectivity index (χ1n) is 4.58. The first-order valence-corrected chi connectivity index (χ1v) is 6.44. The maximum Gasteiger partial charge on any atom is 0.241 e. The van der Waals surface area contributed by atoms with Crippen molar-refractivity contribution in [3.05, 3.63) is 29.3 Å². The highest BCUT2D eigenvalue weighted by Crippen LogP contribution is 2.16. The Morgan fingerprint density at radius 3 is 2.56 bits per heavy atom. The Bertz CT molecular complexity index is 511. The van der Waals surface area contributed by atoms with Crippen LogP contribution in [-0.2, 0) is 14.8 Å². The second-order valence-corrected chi connectivity index (χ2v) is 5.61. The number of rotatable bonds is 4. The molecule has 1 aromatic carbocycles. The summed E-state index contributed by atoms with van der Waals surface area (Å²) in [4.78, 5) is 10.7. The van der Waals surface area contributed by atoms with Crippen LogP contribution in [0, 0.1) is 13.8 Å². The summed E-state index contributed by atoms with van der Waals surface area (Å²) in [5.74, 6) is 0. The Morgan fingerprint density at radius 2 is 2.00 bits per heavy atom. The van der Waals surface area contributed by atoms with Crippen molar-refractivity contribution in [2.45, 2.75) is 18.7 Å². The van der Waals surface area contributed by atoms with Gasteiger partial charge in [0.05, 0.1) is 11.4 Å². The minimum atomic E-state index is -3.66. The zero-order valence-corrected chi connectivity index (χ0v) is 10.5. The molecule has 16 heavy (non-hydrogen) atoms. The van der Waals surface area contributed by atoms with Gasteiger partial charge in [-0.2, -0.15) is 0 Å². The molecular formula is C10H12ClNO3S. The fraction of sp³-hybridized carbons (Fsp3) is 0.300. The van der Waals surface area contributed by atoms with E-state index in [2.05, 4.69) is 4.72 Å². The molecule has 0 aliphatic rings. The van der Waals surface area contributed by atoms with Crippen LogP contribution < -0.4 is 4.72 Å². The highest BCUT2D eigenvalue weighted by molar-refractivity contribution is 7.89. The monoisotopic (exact) mass is 261 g/mol. The molecule has 0 atom stereocenters. The van der Waals surface area contributed by atoms with Crippen molar-refractivity contribution in [2.75, 3.05) is 6.54 Å². The first-order chi connectivity index (χ1) is 7.33. The molecule has 1 rings (SSSR count). The first kappa shape index (κ1) is 13.2. The van der Waals surface area contributed by atoms with E-state index in [1.807, 2.05) is 6.07 Å². The van der Waals surface area contributed by atoms with Crippen LogP contribution in [0.15, 0.2) is 23.1 Å². The van der Waals surface area contributed by atoms with Crippen molar-refractivity contribution in [1.29, 1.82) is 0 Å². The summed E-state index contributed by atoms with van der Waals surface area (Å²) in [6.45, 7) is 3.08. The smallest absolute Gasteiger partial charge is 0.241 e. The average molecular weight is 262 g/mol. The van der Waals surface area contributed by atoms with Crippen LogP contribution in [0.3, 0.4) is 0 Å². The number of nitrogens with one attached hydrogen (secondary N) is 1. The van der Waals surface area contributed by atoms with Crippen molar-refractivity contribution in [2.24, 2.45) is 0 Å². The molecule has 0 saturated carbocycles. The lowest BCUT2D eigenvalue weighted by Crippen LogP contribution is -2.28. The lowest BCUT2D eigenvalue weighted by Gasteiger charge is -2.08. The fourth-order valence-corrected chi connectivity index (χ4v) is 2.68. The Hall–Kier alpha value is -0.910. The highest BCUT2D eigenvalue weighted by atomic mass is 35.5. The molecule has 0 unspecified atom stereocenters. The summed E-state index contributed by atoms with van der Waals surface area (Å²) in [5.41, 5.74) is 1.46. The zero-order chi connectivity index (χ0) is 12.3. The minimum Gasteiger partial charge on any atom is -0.280 e. The van der Waals surface area contributed by atoms with E-state index in [0.717, 1.165) is 5.56 Å². The van der Waals surface area contributed by atoms with Gasteiger partial charge in [-0.25, -0.2) is 13.1 Å². The molecule has 88 valence electrons. The van der Waals surface area contributed by atoms with Crippen LogP contribution in [0.2, 0.25) is 0 Å². The summed E-state index contributed by atoms with van der Waals surface area (Å²) in [6.07, 6.45) is 0. The number of carbonyl (C=O) groups excluding carboxylic acids is 1. The van der Waals surface area contributed by atoms with Gasteiger partial charge < -0.3 is 0 Å². The molecule has 0 saturated heterocycles. The Labute approximate surface area is 99.7 Å². The molecule has 0 aliphatic carbocycles. The van der Waals surface area contributed by atoms with Crippen LogP contribution >= 0.6 is 11.6 Å². The maximum absolute atomic E-state index is 11.8. The summed E-state index contributed by atoms with van der Waals surface area (Å²) < 4.78 is 25.7. The van der Waals surface area contributed by atoms with Gasteiger partial charge in [0.1, 0.15) is 0 Å². The molecule has 4 nitrogen and oxygen atoms in total. The molecule has 0 aromatic heterocycles. The van der Waals surface area contributed by atoms with E-state index in [-0.39, 0.29) is 4.90 Å². The molecule has 0 aliphatic heterocycles. The van der Waals surface area contributed by atoms with Crippen LogP contribution in [0.5, 0.6) is 0 Å². The van der Waals surface area contributed by atoms with Gasteiger partial charge in [-0.05, 0) is 42.6 Å². The molecule has 1 N–H and O–H groups in total. The lowest BCUT2D eigenvalue weighted by atomic mass is 10.2. The Morgan fingerprint density at radius 1 is 1.38 bits per heavy atom. The van der Waals surface area contributed by atoms with Crippen molar-refractivity contribution in [3.8, 4) is 0 Å². The van der Waals surface area contributed by atoms with Crippen molar-refractivity contribution >= 4 is 26.9 Å². The fourth-order valence-electron chi connectivity index (χ4n) is 1.23. The Kier molecular flexibility index (Phi) is 4.07. The van der Waals surface area contributed by atoms with Crippen molar-refractivity contribution < 1.29 is 13.2 Å². The molecule has 0 radical (unpaired) electrons. The van der Waals surface area contributed by atoms with Gasteiger partial charge in [-0.15, -0.1) is 0 Å². The van der Waals surface area contributed by atoms with E-state index in [1.165, 1.54) is 0 Å². The summed E-state index contributed by atoms with van der Waals surface area (Å²) >= 11 is 5.08. The van der Waals surface area contributed by atoms with Crippen molar-refractivity contribution in [3.63, 3.8) is 0 Å². The van der Waals surface area contributed by atoms with Crippen LogP contribution in [0.4, 0.5) is 0 Å². The maximum atomic E-state index is 11.8. The molecule has 1 aromatic rings. The van der Waals surface area contributed by atoms with E-state index < -0.39 is 21.8 Å². The van der Waals surface area contributed by atoms with E-state index in [1.54, 1.807) is 26.0 Å². The van der Waals surface area contributed by atoms with Gasteiger partial charge >= 0.3 is 0 Å². The average Bonchev–Trinajstić information content (AvgIpc) is 2.19. The lowest BCUT2D eigenvalue weighted by molar-refractivity contribution is -0.110. The van der Waals surface area contributed by atoms with Gasteiger partial charge in [-0.1, -0.05) is 12.1 Å². The van der Waals surface area contributed by atoms with E-state index >= 15 is 0 Å². The summed E-state index contributed by atoms with van der Waals surface area (Å²) in [7, 11) is -3.66. The Balaban J connectivity index is 3.07. The van der Waals surface area contributed by atoms with Gasteiger partial charge in [0.15, 0.2) is 0 Å². The van der Waals surface area contributed by atoms with Crippen molar-refractivity contribution in [1.82, 2.24) is 4.72 Å². The third kappa shape index (κ3) is 3.30. The molecule has 0 bridgehead atoms. The van der Waals surface area contributed by atoms with E-state index in [0.29, 0.717) is 5.56 Å². The number of hydrogen-bond donors (Lipinski definition) is 1. The number of sulfonamides is 1. The number of hydrogen-bond acceptors (Lipinski definition) is 3. The zero-order valence-electron chi connectivity index (χ0n) is 8.95. The third-order valence-corrected chi connectivity index (χ3v) is 3.71.